The monoisotopic (exact) mass is 385 g/mol. The van der Waals surface area contributed by atoms with Gasteiger partial charge in [0.2, 0.25) is 0 Å². The largest absolute Gasteiger partial charge is 0.496 e. The lowest BCUT2D eigenvalue weighted by molar-refractivity contribution is -0.150. The standard InChI is InChI=1S/C20H19NO5S/c1-4-26-19(23)12(2)21-18(22)17(27-20(21)24)11-15-14-8-6-5-7-13(14)9-10-16(15)25-3/h5-12H,4H2,1-3H3/b17-11-/t12-/m0/s1. The fourth-order valence-electron chi connectivity index (χ4n) is 2.92. The Morgan fingerprint density at radius 1 is 1.22 bits per heavy atom. The highest BCUT2D eigenvalue weighted by molar-refractivity contribution is 8.18. The molecule has 2 amide bonds. The van der Waals surface area contributed by atoms with E-state index in [1.807, 2.05) is 36.4 Å². The average Bonchev–Trinajstić information content (AvgIpc) is 2.95. The molecule has 6 nitrogen and oxygen atoms in total. The van der Waals surface area contributed by atoms with Gasteiger partial charge in [0.15, 0.2) is 0 Å². The summed E-state index contributed by atoms with van der Waals surface area (Å²) >= 11 is 0.803. The van der Waals surface area contributed by atoms with Crippen LogP contribution in [-0.2, 0) is 14.3 Å². The minimum absolute atomic E-state index is 0.183. The third-order valence-electron chi connectivity index (χ3n) is 4.26. The number of thioether (sulfide) groups is 1. The Balaban J connectivity index is 2.02. The third-order valence-corrected chi connectivity index (χ3v) is 5.15. The molecule has 0 spiro atoms. The molecule has 0 aliphatic carbocycles. The van der Waals surface area contributed by atoms with Crippen LogP contribution >= 0.6 is 11.8 Å². The molecule has 140 valence electrons. The zero-order chi connectivity index (χ0) is 19.6. The van der Waals surface area contributed by atoms with E-state index in [0.29, 0.717) is 11.3 Å². The first-order valence-corrected chi connectivity index (χ1v) is 9.29. The molecule has 1 saturated heterocycles. The number of amides is 2. The van der Waals surface area contributed by atoms with Crippen molar-refractivity contribution in [3.05, 3.63) is 46.9 Å². The van der Waals surface area contributed by atoms with Gasteiger partial charge in [-0.3, -0.25) is 14.5 Å². The number of benzene rings is 2. The van der Waals surface area contributed by atoms with Gasteiger partial charge in [0.05, 0.1) is 18.6 Å². The van der Waals surface area contributed by atoms with Gasteiger partial charge < -0.3 is 9.47 Å². The van der Waals surface area contributed by atoms with Gasteiger partial charge in [0.1, 0.15) is 11.8 Å². The van der Waals surface area contributed by atoms with Crippen LogP contribution in [0.25, 0.3) is 16.8 Å². The van der Waals surface area contributed by atoms with Crippen LogP contribution < -0.4 is 4.74 Å². The molecule has 1 aliphatic heterocycles. The van der Waals surface area contributed by atoms with Crippen molar-refractivity contribution in [2.75, 3.05) is 13.7 Å². The molecule has 3 rings (SSSR count). The maximum Gasteiger partial charge on any atom is 0.329 e. The molecule has 7 heteroatoms. The van der Waals surface area contributed by atoms with Crippen molar-refractivity contribution in [2.24, 2.45) is 0 Å². The lowest BCUT2D eigenvalue weighted by Crippen LogP contribution is -2.42. The first-order chi connectivity index (χ1) is 13.0. The summed E-state index contributed by atoms with van der Waals surface area (Å²) in [5, 5.41) is 1.40. The first-order valence-electron chi connectivity index (χ1n) is 8.47. The van der Waals surface area contributed by atoms with E-state index in [1.165, 1.54) is 6.92 Å². The SMILES string of the molecule is CCOC(=O)[C@H](C)N1C(=O)S/C(=C\c2c(OC)ccc3ccccc23)C1=O. The number of esters is 1. The molecule has 0 radical (unpaired) electrons. The molecular formula is C20H19NO5S. The molecule has 1 heterocycles. The van der Waals surface area contributed by atoms with Crippen molar-refractivity contribution >= 4 is 45.7 Å². The number of methoxy groups -OCH3 is 1. The van der Waals surface area contributed by atoms with E-state index in [-0.39, 0.29) is 11.5 Å². The van der Waals surface area contributed by atoms with Crippen molar-refractivity contribution in [1.29, 1.82) is 0 Å². The number of nitrogens with zero attached hydrogens (tertiary/aromatic N) is 1. The zero-order valence-corrected chi connectivity index (χ0v) is 16.0. The molecule has 1 atom stereocenters. The van der Waals surface area contributed by atoms with Crippen molar-refractivity contribution in [3.8, 4) is 5.75 Å². The van der Waals surface area contributed by atoms with E-state index in [1.54, 1.807) is 20.1 Å². The number of hydrogen-bond donors (Lipinski definition) is 0. The van der Waals surface area contributed by atoms with Gasteiger partial charge in [-0.2, -0.15) is 0 Å². The predicted octanol–water partition coefficient (Wildman–Crippen LogP) is 3.84. The van der Waals surface area contributed by atoms with Gasteiger partial charge >= 0.3 is 5.97 Å². The van der Waals surface area contributed by atoms with Crippen molar-refractivity contribution in [3.63, 3.8) is 0 Å². The Morgan fingerprint density at radius 2 is 1.96 bits per heavy atom. The molecule has 0 aromatic heterocycles. The molecule has 0 bridgehead atoms. The van der Waals surface area contributed by atoms with Crippen molar-refractivity contribution in [2.45, 2.75) is 19.9 Å². The molecule has 2 aromatic carbocycles. The summed E-state index contributed by atoms with van der Waals surface area (Å²) < 4.78 is 10.4. The second-order valence-electron chi connectivity index (χ2n) is 5.88. The number of ether oxygens (including phenoxy) is 2. The van der Waals surface area contributed by atoms with Gasteiger partial charge in [-0.05, 0) is 48.5 Å². The van der Waals surface area contributed by atoms with Crippen molar-refractivity contribution < 1.29 is 23.9 Å². The lowest BCUT2D eigenvalue weighted by atomic mass is 10.0. The number of carbonyl (C=O) groups is 3. The molecule has 0 N–H and O–H groups in total. The summed E-state index contributed by atoms with van der Waals surface area (Å²) in [6, 6.07) is 10.5. The minimum Gasteiger partial charge on any atom is -0.496 e. The van der Waals surface area contributed by atoms with Crippen LogP contribution in [0, 0.1) is 0 Å². The molecule has 0 unspecified atom stereocenters. The molecule has 27 heavy (non-hydrogen) atoms. The molecular weight excluding hydrogens is 366 g/mol. The highest BCUT2D eigenvalue weighted by atomic mass is 32.2. The van der Waals surface area contributed by atoms with Crippen LogP contribution in [0.3, 0.4) is 0 Å². The second-order valence-corrected chi connectivity index (χ2v) is 6.88. The Bertz CT molecular complexity index is 953. The predicted molar refractivity (Wildman–Crippen MR) is 104 cm³/mol. The van der Waals surface area contributed by atoms with Gasteiger partial charge in [0.25, 0.3) is 11.1 Å². The zero-order valence-electron chi connectivity index (χ0n) is 15.2. The first kappa shape index (κ1) is 19.0. The highest BCUT2D eigenvalue weighted by Gasteiger charge is 2.41. The summed E-state index contributed by atoms with van der Waals surface area (Å²) in [4.78, 5) is 38.2. The van der Waals surface area contributed by atoms with E-state index in [9.17, 15) is 14.4 Å². The highest BCUT2D eigenvalue weighted by Crippen LogP contribution is 2.37. The summed E-state index contributed by atoms with van der Waals surface area (Å²) in [7, 11) is 1.55. The normalized spacial score (nSPS) is 16.9. The van der Waals surface area contributed by atoms with Gasteiger partial charge in [0, 0.05) is 5.56 Å². The summed E-state index contributed by atoms with van der Waals surface area (Å²) in [6.07, 6.45) is 1.64. The fraction of sp³-hybridized carbons (Fsp3) is 0.250. The summed E-state index contributed by atoms with van der Waals surface area (Å²) in [5.41, 5.74) is 0.713. The van der Waals surface area contributed by atoms with Crippen LogP contribution in [0.15, 0.2) is 41.3 Å². The average molecular weight is 385 g/mol. The van der Waals surface area contributed by atoms with E-state index in [4.69, 9.17) is 9.47 Å². The maximum atomic E-state index is 12.8. The topological polar surface area (TPSA) is 72.9 Å². The van der Waals surface area contributed by atoms with Crippen LogP contribution in [0.1, 0.15) is 19.4 Å². The van der Waals surface area contributed by atoms with E-state index in [0.717, 1.165) is 27.4 Å². The maximum absolute atomic E-state index is 12.8. The van der Waals surface area contributed by atoms with Gasteiger partial charge in [-0.25, -0.2) is 4.79 Å². The number of carbonyl (C=O) groups excluding carboxylic acids is 3. The van der Waals surface area contributed by atoms with E-state index in [2.05, 4.69) is 0 Å². The quantitative estimate of drug-likeness (QED) is 0.575. The van der Waals surface area contributed by atoms with Crippen LogP contribution in [0.4, 0.5) is 4.79 Å². The van der Waals surface area contributed by atoms with Crippen LogP contribution in [0.2, 0.25) is 0 Å². The van der Waals surface area contributed by atoms with Gasteiger partial charge in [-0.1, -0.05) is 30.3 Å². The summed E-state index contributed by atoms with van der Waals surface area (Å²) in [6.45, 7) is 3.34. The third kappa shape index (κ3) is 3.55. The number of hydrogen-bond acceptors (Lipinski definition) is 6. The summed E-state index contributed by atoms with van der Waals surface area (Å²) in [5.74, 6) is -0.525. The molecule has 2 aromatic rings. The van der Waals surface area contributed by atoms with Crippen LogP contribution in [0.5, 0.6) is 5.75 Å². The smallest absolute Gasteiger partial charge is 0.329 e. The van der Waals surface area contributed by atoms with Crippen molar-refractivity contribution in [1.82, 2.24) is 4.90 Å². The lowest BCUT2D eigenvalue weighted by Gasteiger charge is -2.19. The van der Waals surface area contributed by atoms with E-state index < -0.39 is 23.2 Å². The second kappa shape index (κ2) is 7.84. The Kier molecular flexibility index (Phi) is 5.51. The molecule has 0 saturated carbocycles. The van der Waals surface area contributed by atoms with E-state index >= 15 is 0 Å². The Hall–Kier alpha value is -2.80. The molecule has 1 fully saturated rings. The minimum atomic E-state index is -0.974. The number of fused-ring (bicyclic) bond motifs is 1. The fourth-order valence-corrected chi connectivity index (χ4v) is 3.81. The number of imide groups is 1. The Labute approximate surface area is 161 Å². The van der Waals surface area contributed by atoms with Crippen LogP contribution in [-0.4, -0.2) is 41.8 Å². The van der Waals surface area contributed by atoms with Gasteiger partial charge in [-0.15, -0.1) is 0 Å². The Morgan fingerprint density at radius 3 is 2.67 bits per heavy atom. The molecule has 1 aliphatic rings. The number of rotatable bonds is 5.